The Kier molecular flexibility index (Phi) is 5.17. The van der Waals surface area contributed by atoms with Gasteiger partial charge in [-0.2, -0.15) is 0 Å². The summed E-state index contributed by atoms with van der Waals surface area (Å²) in [4.78, 5) is 2.46. The molecule has 1 N–H and O–H groups in total. The summed E-state index contributed by atoms with van der Waals surface area (Å²) in [7, 11) is 0. The fraction of sp³-hybridized carbons (Fsp3) is 0.600. The van der Waals surface area contributed by atoms with Crippen LogP contribution in [0.4, 0.5) is 0 Å². The molecule has 1 aliphatic rings. The van der Waals surface area contributed by atoms with Crippen LogP contribution < -0.4 is 0 Å². The molecule has 1 unspecified atom stereocenters. The number of aliphatic hydroxyl groups is 1. The number of benzene rings is 1. The number of hydrogen-bond acceptors (Lipinski definition) is 3. The van der Waals surface area contributed by atoms with Gasteiger partial charge < -0.3 is 9.84 Å². The lowest BCUT2D eigenvalue weighted by Gasteiger charge is -2.32. The summed E-state index contributed by atoms with van der Waals surface area (Å²) in [6.45, 7) is 6.21. The van der Waals surface area contributed by atoms with E-state index >= 15 is 0 Å². The van der Waals surface area contributed by atoms with Crippen LogP contribution in [-0.2, 0) is 17.9 Å². The highest BCUT2D eigenvalue weighted by Crippen LogP contribution is 2.14. The van der Waals surface area contributed by atoms with Crippen molar-refractivity contribution in [2.24, 2.45) is 0 Å². The van der Waals surface area contributed by atoms with Crippen molar-refractivity contribution >= 4 is 0 Å². The monoisotopic (exact) mass is 249 g/mol. The van der Waals surface area contributed by atoms with Gasteiger partial charge in [0.05, 0.1) is 19.3 Å². The van der Waals surface area contributed by atoms with Gasteiger partial charge >= 0.3 is 0 Å². The SMILES string of the molecule is CCCC1CN(Cc2ccc(CO)cc2)CCO1. The Morgan fingerprint density at radius 2 is 2.00 bits per heavy atom. The third-order valence-corrected chi connectivity index (χ3v) is 3.45. The minimum Gasteiger partial charge on any atom is -0.392 e. The number of hydrogen-bond donors (Lipinski definition) is 1. The maximum absolute atomic E-state index is 9.02. The molecule has 1 saturated heterocycles. The Balaban J connectivity index is 1.87. The van der Waals surface area contributed by atoms with Crippen LogP contribution in [0, 0.1) is 0 Å². The summed E-state index contributed by atoms with van der Waals surface area (Å²) in [5.74, 6) is 0. The van der Waals surface area contributed by atoms with Crippen LogP contribution >= 0.6 is 0 Å². The predicted octanol–water partition coefficient (Wildman–Crippen LogP) is 2.18. The number of ether oxygens (including phenoxy) is 1. The molecule has 0 bridgehead atoms. The molecule has 18 heavy (non-hydrogen) atoms. The van der Waals surface area contributed by atoms with Crippen LogP contribution in [0.1, 0.15) is 30.9 Å². The highest BCUT2D eigenvalue weighted by Gasteiger charge is 2.19. The second-order valence-electron chi connectivity index (χ2n) is 4.99. The van der Waals surface area contributed by atoms with Gasteiger partial charge in [0.2, 0.25) is 0 Å². The molecule has 1 heterocycles. The van der Waals surface area contributed by atoms with Crippen molar-refractivity contribution in [2.45, 2.75) is 39.0 Å². The van der Waals surface area contributed by atoms with E-state index in [0.717, 1.165) is 38.2 Å². The van der Waals surface area contributed by atoms with Gasteiger partial charge in [-0.1, -0.05) is 37.6 Å². The maximum Gasteiger partial charge on any atom is 0.0702 e. The minimum atomic E-state index is 0.121. The Bertz CT molecular complexity index is 348. The molecule has 3 heteroatoms. The van der Waals surface area contributed by atoms with E-state index in [0.29, 0.717) is 6.10 Å². The highest BCUT2D eigenvalue weighted by atomic mass is 16.5. The molecule has 1 aromatic rings. The predicted molar refractivity (Wildman–Crippen MR) is 72.3 cm³/mol. The van der Waals surface area contributed by atoms with Crippen molar-refractivity contribution in [3.05, 3.63) is 35.4 Å². The van der Waals surface area contributed by atoms with E-state index in [-0.39, 0.29) is 6.61 Å². The zero-order chi connectivity index (χ0) is 12.8. The summed E-state index contributed by atoms with van der Waals surface area (Å²) < 4.78 is 5.75. The van der Waals surface area contributed by atoms with Gasteiger partial charge in [0.25, 0.3) is 0 Å². The van der Waals surface area contributed by atoms with Gasteiger partial charge in [0.15, 0.2) is 0 Å². The van der Waals surface area contributed by atoms with Gasteiger partial charge in [0.1, 0.15) is 0 Å². The molecule has 0 amide bonds. The van der Waals surface area contributed by atoms with E-state index in [4.69, 9.17) is 9.84 Å². The average Bonchev–Trinajstić information content (AvgIpc) is 2.40. The zero-order valence-corrected chi connectivity index (χ0v) is 11.1. The lowest BCUT2D eigenvalue weighted by atomic mass is 10.1. The quantitative estimate of drug-likeness (QED) is 0.868. The standard InChI is InChI=1S/C15H23NO2/c1-2-3-15-11-16(8-9-18-15)10-13-4-6-14(12-17)7-5-13/h4-7,15,17H,2-3,8-12H2,1H3. The minimum absolute atomic E-state index is 0.121. The molecule has 2 rings (SSSR count). The maximum atomic E-state index is 9.02. The van der Waals surface area contributed by atoms with Crippen molar-refractivity contribution in [3.8, 4) is 0 Å². The van der Waals surface area contributed by atoms with Crippen molar-refractivity contribution in [2.75, 3.05) is 19.7 Å². The number of nitrogens with zero attached hydrogens (tertiary/aromatic N) is 1. The van der Waals surface area contributed by atoms with Crippen LogP contribution in [0.5, 0.6) is 0 Å². The molecule has 1 aliphatic heterocycles. The highest BCUT2D eigenvalue weighted by molar-refractivity contribution is 5.21. The molecule has 1 aromatic carbocycles. The van der Waals surface area contributed by atoms with Crippen LogP contribution in [0.15, 0.2) is 24.3 Å². The smallest absolute Gasteiger partial charge is 0.0702 e. The molecular weight excluding hydrogens is 226 g/mol. The fourth-order valence-corrected chi connectivity index (χ4v) is 2.43. The Hall–Kier alpha value is -0.900. The van der Waals surface area contributed by atoms with Gasteiger partial charge in [-0.3, -0.25) is 4.90 Å². The number of morpholine rings is 1. The summed E-state index contributed by atoms with van der Waals surface area (Å²) in [5.41, 5.74) is 2.29. The first-order valence-corrected chi connectivity index (χ1v) is 6.84. The molecule has 0 aromatic heterocycles. The van der Waals surface area contributed by atoms with E-state index < -0.39 is 0 Å². The lowest BCUT2D eigenvalue weighted by Crippen LogP contribution is -2.41. The van der Waals surface area contributed by atoms with E-state index in [9.17, 15) is 0 Å². The molecule has 1 atom stereocenters. The molecule has 1 fully saturated rings. The Morgan fingerprint density at radius 3 is 2.67 bits per heavy atom. The topological polar surface area (TPSA) is 32.7 Å². The second-order valence-corrected chi connectivity index (χ2v) is 4.99. The third-order valence-electron chi connectivity index (χ3n) is 3.45. The van der Waals surface area contributed by atoms with E-state index in [1.807, 2.05) is 12.1 Å². The normalized spacial score (nSPS) is 21.1. The summed E-state index contributed by atoms with van der Waals surface area (Å²) in [6, 6.07) is 8.21. The first kappa shape index (κ1) is 13.5. The van der Waals surface area contributed by atoms with Crippen LogP contribution in [0.3, 0.4) is 0 Å². The van der Waals surface area contributed by atoms with Crippen molar-refractivity contribution < 1.29 is 9.84 Å². The molecule has 0 radical (unpaired) electrons. The number of aliphatic hydroxyl groups excluding tert-OH is 1. The average molecular weight is 249 g/mol. The van der Waals surface area contributed by atoms with Crippen molar-refractivity contribution in [1.29, 1.82) is 0 Å². The van der Waals surface area contributed by atoms with E-state index in [1.165, 1.54) is 12.0 Å². The third kappa shape index (κ3) is 3.80. The van der Waals surface area contributed by atoms with Crippen molar-refractivity contribution in [1.82, 2.24) is 4.90 Å². The van der Waals surface area contributed by atoms with Crippen molar-refractivity contribution in [3.63, 3.8) is 0 Å². The number of rotatable bonds is 5. The summed E-state index contributed by atoms with van der Waals surface area (Å²) >= 11 is 0. The molecule has 0 spiro atoms. The van der Waals surface area contributed by atoms with Gasteiger partial charge in [-0.15, -0.1) is 0 Å². The van der Waals surface area contributed by atoms with Gasteiger partial charge in [-0.05, 0) is 17.5 Å². The second kappa shape index (κ2) is 6.88. The summed E-state index contributed by atoms with van der Waals surface area (Å²) in [5, 5.41) is 9.02. The van der Waals surface area contributed by atoms with Gasteiger partial charge in [0, 0.05) is 19.6 Å². The van der Waals surface area contributed by atoms with Gasteiger partial charge in [-0.25, -0.2) is 0 Å². The molecule has 3 nitrogen and oxygen atoms in total. The fourth-order valence-electron chi connectivity index (χ4n) is 2.43. The van der Waals surface area contributed by atoms with E-state index in [1.54, 1.807) is 0 Å². The van der Waals surface area contributed by atoms with Crippen LogP contribution in [0.2, 0.25) is 0 Å². The molecular formula is C15H23NO2. The molecule has 0 saturated carbocycles. The largest absolute Gasteiger partial charge is 0.392 e. The van der Waals surface area contributed by atoms with E-state index in [2.05, 4.69) is 24.0 Å². The Labute approximate surface area is 109 Å². The first-order chi connectivity index (χ1) is 8.81. The zero-order valence-electron chi connectivity index (χ0n) is 11.1. The van der Waals surface area contributed by atoms with Crippen LogP contribution in [0.25, 0.3) is 0 Å². The molecule has 0 aliphatic carbocycles. The molecule has 100 valence electrons. The van der Waals surface area contributed by atoms with Crippen LogP contribution in [-0.4, -0.2) is 35.8 Å². The lowest BCUT2D eigenvalue weighted by molar-refractivity contribution is -0.0350. The summed E-state index contributed by atoms with van der Waals surface area (Å²) in [6.07, 6.45) is 2.74. The Morgan fingerprint density at radius 1 is 1.28 bits per heavy atom. The first-order valence-electron chi connectivity index (χ1n) is 6.84.